The highest BCUT2D eigenvalue weighted by Crippen LogP contribution is 2.39. The molecule has 1 aliphatic carbocycles. The number of hydrogen-bond acceptors (Lipinski definition) is 3. The van der Waals surface area contributed by atoms with Crippen molar-refractivity contribution in [2.24, 2.45) is 0 Å². The van der Waals surface area contributed by atoms with E-state index in [-0.39, 0.29) is 17.1 Å². The van der Waals surface area contributed by atoms with Gasteiger partial charge >= 0.3 is 0 Å². The van der Waals surface area contributed by atoms with E-state index in [0.717, 1.165) is 38.9 Å². The molecular weight excluding hydrogens is 506 g/mol. The fourth-order valence-electron chi connectivity index (χ4n) is 6.07. The molecule has 0 saturated heterocycles. The molecule has 0 saturated carbocycles. The van der Waals surface area contributed by atoms with Gasteiger partial charge in [0, 0.05) is 41.1 Å². The van der Waals surface area contributed by atoms with Gasteiger partial charge in [-0.15, -0.1) is 0 Å². The Morgan fingerprint density at radius 1 is 0.610 bits per heavy atom. The third kappa shape index (κ3) is 3.69. The zero-order chi connectivity index (χ0) is 27.5. The largest absolute Gasteiger partial charge is 0.454 e. The van der Waals surface area contributed by atoms with Gasteiger partial charge < -0.3 is 8.98 Å². The average Bonchev–Trinajstić information content (AvgIpc) is 3.64. The van der Waals surface area contributed by atoms with Gasteiger partial charge in [0.25, 0.3) is 0 Å². The first kappa shape index (κ1) is 23.4. The van der Waals surface area contributed by atoms with Crippen LogP contribution >= 0.6 is 0 Å². The van der Waals surface area contributed by atoms with Gasteiger partial charge in [0.05, 0.1) is 11.1 Å². The first-order chi connectivity index (χ1) is 20.2. The number of furan rings is 1. The van der Waals surface area contributed by atoms with Crippen LogP contribution in [-0.4, -0.2) is 16.1 Å². The second kappa shape index (κ2) is 9.04. The van der Waals surface area contributed by atoms with Gasteiger partial charge in [-0.05, 0) is 39.3 Å². The molecule has 194 valence electrons. The second-order valence-corrected chi connectivity index (χ2v) is 10.5. The summed E-state index contributed by atoms with van der Waals surface area (Å²) in [5.41, 5.74) is 5.59. The van der Waals surface area contributed by atoms with Crippen LogP contribution in [0.3, 0.4) is 0 Å². The first-order valence-electron chi connectivity index (χ1n) is 13.6. The van der Waals surface area contributed by atoms with Crippen LogP contribution in [0.5, 0.6) is 0 Å². The summed E-state index contributed by atoms with van der Waals surface area (Å²) in [6.45, 7) is 0.566. The van der Waals surface area contributed by atoms with Gasteiger partial charge in [-0.2, -0.15) is 0 Å². The molecule has 0 spiro atoms. The van der Waals surface area contributed by atoms with Crippen molar-refractivity contribution in [3.8, 4) is 11.3 Å². The molecule has 2 aromatic heterocycles. The Bertz CT molecular complexity index is 2180. The molecule has 0 aliphatic heterocycles. The number of allylic oxidation sites excluding steroid dienone is 1. The topological polar surface area (TPSA) is 52.2 Å². The Balaban J connectivity index is 1.32. The number of carbonyl (C=O) groups excluding carboxylic acids is 2. The molecule has 5 aromatic carbocycles. The summed E-state index contributed by atoms with van der Waals surface area (Å²) in [5.74, 6) is 0.300. The smallest absolute Gasteiger partial charge is 0.197 e. The summed E-state index contributed by atoms with van der Waals surface area (Å²) in [6.07, 6.45) is 1.72. The SMILES string of the molecule is O=C1C(=Cc2cc3oc(-c4cc5ccccc5c5ccccc45)cc3n2Cc2ccccc2)C(=O)c2ccccc21. The maximum absolute atomic E-state index is 13.2. The molecule has 0 radical (unpaired) electrons. The Kier molecular flexibility index (Phi) is 5.16. The third-order valence-electron chi connectivity index (χ3n) is 8.04. The molecular formula is C37H23NO3. The van der Waals surface area contributed by atoms with E-state index in [9.17, 15) is 9.59 Å². The van der Waals surface area contributed by atoms with Crippen LogP contribution < -0.4 is 0 Å². The zero-order valence-electron chi connectivity index (χ0n) is 22.0. The van der Waals surface area contributed by atoms with E-state index in [4.69, 9.17) is 4.42 Å². The fraction of sp³-hybridized carbons (Fsp3) is 0.0270. The lowest BCUT2D eigenvalue weighted by Gasteiger charge is -2.10. The van der Waals surface area contributed by atoms with Crippen molar-refractivity contribution in [3.05, 3.63) is 149 Å². The van der Waals surface area contributed by atoms with Crippen molar-refractivity contribution < 1.29 is 14.0 Å². The van der Waals surface area contributed by atoms with Gasteiger partial charge in [-0.3, -0.25) is 9.59 Å². The summed E-state index contributed by atoms with van der Waals surface area (Å²) in [4.78, 5) is 26.4. The van der Waals surface area contributed by atoms with E-state index >= 15 is 0 Å². The van der Waals surface area contributed by atoms with Gasteiger partial charge in [0.2, 0.25) is 0 Å². The number of hydrogen-bond donors (Lipinski definition) is 0. The number of Topliss-reactive ketones (excluding diaryl/α,β-unsaturated/α-hetero) is 2. The van der Waals surface area contributed by atoms with Crippen molar-refractivity contribution in [3.63, 3.8) is 0 Å². The van der Waals surface area contributed by atoms with Crippen molar-refractivity contribution >= 4 is 50.3 Å². The lowest BCUT2D eigenvalue weighted by Crippen LogP contribution is -2.05. The summed E-state index contributed by atoms with van der Waals surface area (Å²) in [7, 11) is 0. The molecule has 0 fully saturated rings. The number of carbonyl (C=O) groups is 2. The molecule has 0 unspecified atom stereocenters. The predicted octanol–water partition coefficient (Wildman–Crippen LogP) is 8.72. The molecule has 4 heteroatoms. The normalized spacial score (nSPS) is 13.0. The highest BCUT2D eigenvalue weighted by molar-refractivity contribution is 6.41. The number of rotatable bonds is 4. The highest BCUT2D eigenvalue weighted by atomic mass is 16.3. The van der Waals surface area contributed by atoms with Crippen LogP contribution in [-0.2, 0) is 6.54 Å². The van der Waals surface area contributed by atoms with Gasteiger partial charge in [0.1, 0.15) is 5.76 Å². The molecule has 41 heavy (non-hydrogen) atoms. The predicted molar refractivity (Wildman–Crippen MR) is 163 cm³/mol. The lowest BCUT2D eigenvalue weighted by molar-refractivity contribution is 0.0990. The Morgan fingerprint density at radius 3 is 2.00 bits per heavy atom. The average molecular weight is 530 g/mol. The zero-order valence-corrected chi connectivity index (χ0v) is 22.0. The van der Waals surface area contributed by atoms with Crippen LogP contribution in [0.1, 0.15) is 32.0 Å². The van der Waals surface area contributed by atoms with Gasteiger partial charge in [-0.25, -0.2) is 0 Å². The van der Waals surface area contributed by atoms with E-state index in [1.807, 2.05) is 24.3 Å². The molecule has 1 aliphatic rings. The van der Waals surface area contributed by atoms with E-state index < -0.39 is 0 Å². The molecule has 0 amide bonds. The maximum Gasteiger partial charge on any atom is 0.197 e. The molecule has 8 rings (SSSR count). The lowest BCUT2D eigenvalue weighted by atomic mass is 9.96. The van der Waals surface area contributed by atoms with Crippen LogP contribution in [0.25, 0.3) is 50.0 Å². The molecule has 0 N–H and O–H groups in total. The second-order valence-electron chi connectivity index (χ2n) is 10.5. The van der Waals surface area contributed by atoms with Crippen LogP contribution in [0.4, 0.5) is 0 Å². The van der Waals surface area contributed by atoms with Crippen molar-refractivity contribution in [2.45, 2.75) is 6.54 Å². The minimum absolute atomic E-state index is 0.182. The summed E-state index contributed by atoms with van der Waals surface area (Å²) >= 11 is 0. The van der Waals surface area contributed by atoms with E-state index in [1.165, 1.54) is 10.8 Å². The van der Waals surface area contributed by atoms with Gasteiger partial charge in [0.15, 0.2) is 17.1 Å². The van der Waals surface area contributed by atoms with Crippen LogP contribution in [0.15, 0.2) is 131 Å². The van der Waals surface area contributed by atoms with Crippen LogP contribution in [0, 0.1) is 0 Å². The summed E-state index contributed by atoms with van der Waals surface area (Å²) < 4.78 is 8.65. The van der Waals surface area contributed by atoms with E-state index in [0.29, 0.717) is 23.3 Å². The monoisotopic (exact) mass is 529 g/mol. The Hall–Kier alpha value is -5.48. The summed E-state index contributed by atoms with van der Waals surface area (Å²) in [5, 5.41) is 4.66. The third-order valence-corrected chi connectivity index (χ3v) is 8.04. The van der Waals surface area contributed by atoms with Crippen LogP contribution in [0.2, 0.25) is 0 Å². The standard InChI is InChI=1S/C37H23NO3/c39-36-29-16-8-9-17-30(29)37(40)32(36)19-25-20-35-33(38(25)22-23-10-2-1-3-11-23)21-34(41-35)31-18-24-12-4-5-13-26(24)27-14-6-7-15-28(27)31/h1-21H,22H2. The quantitative estimate of drug-likeness (QED) is 0.130. The number of benzene rings is 5. The van der Waals surface area contributed by atoms with Crippen molar-refractivity contribution in [1.29, 1.82) is 0 Å². The number of fused-ring (bicyclic) bond motifs is 5. The molecule has 0 atom stereocenters. The molecule has 7 aromatic rings. The Labute approximate surface area is 235 Å². The fourth-order valence-corrected chi connectivity index (χ4v) is 6.07. The minimum Gasteiger partial charge on any atom is -0.454 e. The van der Waals surface area contributed by atoms with Crippen molar-refractivity contribution in [1.82, 2.24) is 4.57 Å². The number of ketones is 2. The maximum atomic E-state index is 13.2. The van der Waals surface area contributed by atoms with E-state index in [2.05, 4.69) is 77.4 Å². The number of aromatic nitrogens is 1. The highest BCUT2D eigenvalue weighted by Gasteiger charge is 2.33. The molecule has 2 heterocycles. The molecule has 0 bridgehead atoms. The minimum atomic E-state index is -0.238. The number of nitrogens with zero attached hydrogens (tertiary/aromatic N) is 1. The Morgan fingerprint density at radius 2 is 1.24 bits per heavy atom. The first-order valence-corrected chi connectivity index (χ1v) is 13.6. The summed E-state index contributed by atoms with van der Waals surface area (Å²) in [6, 6.07) is 40.1. The van der Waals surface area contributed by atoms with Crippen molar-refractivity contribution in [2.75, 3.05) is 0 Å². The van der Waals surface area contributed by atoms with Gasteiger partial charge in [-0.1, -0.05) is 103 Å². The molecule has 4 nitrogen and oxygen atoms in total. The van der Waals surface area contributed by atoms with E-state index in [1.54, 1.807) is 30.3 Å².